The summed E-state index contributed by atoms with van der Waals surface area (Å²) in [7, 11) is 0. The normalized spacial score (nSPS) is 17.8. The Labute approximate surface area is 192 Å². The van der Waals surface area contributed by atoms with Crippen LogP contribution in [0.1, 0.15) is 59.3 Å². The first-order chi connectivity index (χ1) is 15.5. The van der Waals surface area contributed by atoms with Gasteiger partial charge in [0.05, 0.1) is 6.67 Å². The summed E-state index contributed by atoms with van der Waals surface area (Å²) in [6, 6.07) is 9.96. The van der Waals surface area contributed by atoms with Crippen LogP contribution < -0.4 is 4.90 Å². The Morgan fingerprint density at radius 3 is 2.25 bits per heavy atom. The zero-order valence-corrected chi connectivity index (χ0v) is 19.9. The third-order valence-corrected chi connectivity index (χ3v) is 6.96. The number of benzene rings is 1. The van der Waals surface area contributed by atoms with Gasteiger partial charge in [0.15, 0.2) is 0 Å². The van der Waals surface area contributed by atoms with Gasteiger partial charge >= 0.3 is 0 Å². The number of carbonyl (C=O) groups excluding carboxylic acids is 3. The van der Waals surface area contributed by atoms with Crippen LogP contribution in [-0.4, -0.2) is 77.4 Å². The average molecular weight is 443 g/mol. The zero-order valence-electron chi connectivity index (χ0n) is 19.9. The molecule has 3 amide bonds. The van der Waals surface area contributed by atoms with Crippen LogP contribution in [0.5, 0.6) is 0 Å². The molecule has 0 radical (unpaired) electrons. The average Bonchev–Trinajstić information content (AvgIpc) is 3.07. The number of piperidine rings is 1. The number of likely N-dealkylation sites (N-methyl/N-ethyl adjacent to an activating group) is 1. The van der Waals surface area contributed by atoms with Crippen LogP contribution in [0, 0.1) is 0 Å². The molecule has 0 aromatic heterocycles. The first-order valence-electron chi connectivity index (χ1n) is 12.1. The Kier molecular flexibility index (Phi) is 8.15. The number of nitrogens with zero attached hydrogens (tertiary/aromatic N) is 4. The highest BCUT2D eigenvalue weighted by Crippen LogP contribution is 2.39. The fourth-order valence-corrected chi connectivity index (χ4v) is 4.97. The molecule has 1 aromatic carbocycles. The molecule has 2 aliphatic heterocycles. The summed E-state index contributed by atoms with van der Waals surface area (Å²) in [4.78, 5) is 46.6. The van der Waals surface area contributed by atoms with E-state index in [-0.39, 0.29) is 24.3 Å². The van der Waals surface area contributed by atoms with Gasteiger partial charge in [0.2, 0.25) is 11.8 Å². The fraction of sp³-hybridized carbons (Fsp3) is 0.640. The molecule has 0 saturated carbocycles. The first kappa shape index (κ1) is 24.1. The second kappa shape index (κ2) is 10.8. The fourth-order valence-electron chi connectivity index (χ4n) is 4.97. The molecule has 0 N–H and O–H groups in total. The zero-order chi connectivity index (χ0) is 23.1. The van der Waals surface area contributed by atoms with Crippen molar-refractivity contribution in [2.45, 2.75) is 64.8 Å². The van der Waals surface area contributed by atoms with Crippen molar-refractivity contribution in [3.8, 4) is 0 Å². The van der Waals surface area contributed by atoms with Crippen LogP contribution in [0.2, 0.25) is 0 Å². The lowest BCUT2D eigenvalue weighted by molar-refractivity contribution is -0.142. The molecule has 2 saturated heterocycles. The Hall–Kier alpha value is -2.57. The smallest absolute Gasteiger partial charge is 0.250 e. The van der Waals surface area contributed by atoms with Crippen molar-refractivity contribution in [1.82, 2.24) is 14.7 Å². The van der Waals surface area contributed by atoms with Gasteiger partial charge in [-0.05, 0) is 45.2 Å². The Morgan fingerprint density at radius 2 is 1.66 bits per heavy atom. The van der Waals surface area contributed by atoms with Crippen LogP contribution >= 0.6 is 0 Å². The van der Waals surface area contributed by atoms with Gasteiger partial charge in [-0.1, -0.05) is 38.0 Å². The van der Waals surface area contributed by atoms with Gasteiger partial charge in [0.25, 0.3) is 5.91 Å². The Balaban J connectivity index is 1.77. The van der Waals surface area contributed by atoms with Crippen LogP contribution in [0.3, 0.4) is 0 Å². The third-order valence-electron chi connectivity index (χ3n) is 6.96. The molecule has 0 unspecified atom stereocenters. The molecular weight excluding hydrogens is 404 g/mol. The molecular formula is C25H38N4O3. The monoisotopic (exact) mass is 442 g/mol. The van der Waals surface area contributed by atoms with E-state index in [1.54, 1.807) is 9.80 Å². The SMILES string of the molecule is CCCCCC(=O)N1CCC2(CC1)C(=O)N(CC(=O)N(CC)CC)CN2c1ccccc1. The molecule has 3 rings (SSSR count). The van der Waals surface area contributed by atoms with E-state index >= 15 is 0 Å². The number of hydrogen-bond donors (Lipinski definition) is 0. The summed E-state index contributed by atoms with van der Waals surface area (Å²) in [5.41, 5.74) is 0.298. The third kappa shape index (κ3) is 4.92. The number of carbonyl (C=O) groups is 3. The highest BCUT2D eigenvalue weighted by atomic mass is 16.2. The quantitative estimate of drug-likeness (QED) is 0.552. The molecule has 1 spiro atoms. The maximum atomic E-state index is 13.7. The van der Waals surface area contributed by atoms with E-state index in [4.69, 9.17) is 0 Å². The number of rotatable bonds is 9. The summed E-state index contributed by atoms with van der Waals surface area (Å²) in [5.74, 6) is 0.190. The van der Waals surface area contributed by atoms with Gasteiger partial charge in [-0.2, -0.15) is 0 Å². The second-order valence-corrected chi connectivity index (χ2v) is 8.84. The van der Waals surface area contributed by atoms with E-state index in [9.17, 15) is 14.4 Å². The van der Waals surface area contributed by atoms with E-state index in [1.165, 1.54) is 0 Å². The molecule has 2 aliphatic rings. The predicted molar refractivity (Wildman–Crippen MR) is 126 cm³/mol. The van der Waals surface area contributed by atoms with Crippen molar-refractivity contribution in [3.05, 3.63) is 30.3 Å². The van der Waals surface area contributed by atoms with E-state index in [1.807, 2.05) is 49.1 Å². The van der Waals surface area contributed by atoms with Crippen molar-refractivity contribution >= 4 is 23.4 Å². The predicted octanol–water partition coefficient (Wildman–Crippen LogP) is 3.10. The van der Waals surface area contributed by atoms with Crippen LogP contribution in [0.25, 0.3) is 0 Å². The highest BCUT2D eigenvalue weighted by Gasteiger charge is 2.54. The molecule has 7 heteroatoms. The molecule has 7 nitrogen and oxygen atoms in total. The molecule has 1 aromatic rings. The van der Waals surface area contributed by atoms with Gasteiger partial charge in [-0.3, -0.25) is 14.4 Å². The molecule has 32 heavy (non-hydrogen) atoms. The first-order valence-corrected chi connectivity index (χ1v) is 12.1. The summed E-state index contributed by atoms with van der Waals surface area (Å²) in [5, 5.41) is 0. The number of likely N-dealkylation sites (tertiary alicyclic amines) is 1. The van der Waals surface area contributed by atoms with E-state index < -0.39 is 5.54 Å². The largest absolute Gasteiger partial charge is 0.342 e. The topological polar surface area (TPSA) is 64.2 Å². The van der Waals surface area contributed by atoms with Gasteiger partial charge < -0.3 is 19.6 Å². The lowest BCUT2D eigenvalue weighted by Gasteiger charge is -2.43. The van der Waals surface area contributed by atoms with Crippen LogP contribution in [0.4, 0.5) is 5.69 Å². The van der Waals surface area contributed by atoms with Crippen molar-refractivity contribution in [2.75, 3.05) is 44.3 Å². The number of para-hydroxylation sites is 1. The van der Waals surface area contributed by atoms with Crippen molar-refractivity contribution in [2.24, 2.45) is 0 Å². The van der Waals surface area contributed by atoms with Gasteiger partial charge in [0.1, 0.15) is 12.1 Å². The molecule has 0 bridgehead atoms. The highest BCUT2D eigenvalue weighted by molar-refractivity contribution is 5.96. The minimum atomic E-state index is -0.689. The van der Waals surface area contributed by atoms with Crippen LogP contribution in [-0.2, 0) is 14.4 Å². The van der Waals surface area contributed by atoms with Gasteiger partial charge in [-0.25, -0.2) is 0 Å². The molecule has 0 aliphatic carbocycles. The van der Waals surface area contributed by atoms with Gasteiger partial charge in [-0.15, -0.1) is 0 Å². The Morgan fingerprint density at radius 1 is 1.00 bits per heavy atom. The summed E-state index contributed by atoms with van der Waals surface area (Å²) < 4.78 is 0. The lowest BCUT2D eigenvalue weighted by Crippen LogP contribution is -2.57. The van der Waals surface area contributed by atoms with E-state index in [2.05, 4.69) is 11.8 Å². The van der Waals surface area contributed by atoms with Crippen molar-refractivity contribution in [3.63, 3.8) is 0 Å². The number of unbranched alkanes of at least 4 members (excludes halogenated alkanes) is 2. The second-order valence-electron chi connectivity index (χ2n) is 8.84. The van der Waals surface area contributed by atoms with E-state index in [0.29, 0.717) is 52.1 Å². The maximum Gasteiger partial charge on any atom is 0.250 e. The Bertz CT molecular complexity index is 786. The minimum absolute atomic E-state index is 0.0138. The minimum Gasteiger partial charge on any atom is -0.342 e. The molecule has 2 fully saturated rings. The lowest BCUT2D eigenvalue weighted by atomic mass is 9.85. The molecule has 0 atom stereocenters. The summed E-state index contributed by atoms with van der Waals surface area (Å²) >= 11 is 0. The number of anilines is 1. The standard InChI is InChI=1S/C25H38N4O3/c1-4-7-9-14-22(30)27-17-15-25(16-18-27)24(32)28(19-23(31)26(5-2)6-3)20-29(25)21-12-10-8-11-13-21/h8,10-13H,4-7,9,14-20H2,1-3H3. The van der Waals surface area contributed by atoms with Crippen molar-refractivity contribution < 1.29 is 14.4 Å². The van der Waals surface area contributed by atoms with Crippen molar-refractivity contribution in [1.29, 1.82) is 0 Å². The van der Waals surface area contributed by atoms with Crippen LogP contribution in [0.15, 0.2) is 30.3 Å². The summed E-state index contributed by atoms with van der Waals surface area (Å²) in [6.45, 7) is 8.99. The number of hydrogen-bond acceptors (Lipinski definition) is 4. The maximum absolute atomic E-state index is 13.7. The number of amides is 3. The summed E-state index contributed by atoms with van der Waals surface area (Å²) in [6.07, 6.45) is 4.86. The molecule has 176 valence electrons. The van der Waals surface area contributed by atoms with Gasteiger partial charge in [0, 0.05) is 38.3 Å². The molecule has 2 heterocycles. The van der Waals surface area contributed by atoms with E-state index in [0.717, 1.165) is 24.9 Å².